The molecule has 0 radical (unpaired) electrons. The van der Waals surface area contributed by atoms with Gasteiger partial charge in [0.25, 0.3) is 5.91 Å². The van der Waals surface area contributed by atoms with E-state index in [2.05, 4.69) is 33.2 Å². The number of hydrogen-bond acceptors (Lipinski definition) is 4. The van der Waals surface area contributed by atoms with E-state index in [1.54, 1.807) is 4.90 Å². The average molecular weight is 394 g/mol. The van der Waals surface area contributed by atoms with Crippen molar-refractivity contribution < 1.29 is 9.63 Å². The molecule has 0 unspecified atom stereocenters. The molecule has 7 heteroatoms. The maximum absolute atomic E-state index is 12.2. The van der Waals surface area contributed by atoms with Crippen molar-refractivity contribution in [2.24, 2.45) is 10.9 Å². The summed E-state index contributed by atoms with van der Waals surface area (Å²) >= 11 is 4.81. The van der Waals surface area contributed by atoms with Crippen LogP contribution in [0.1, 0.15) is 16.0 Å². The van der Waals surface area contributed by atoms with E-state index >= 15 is 0 Å². The van der Waals surface area contributed by atoms with E-state index in [4.69, 9.17) is 10.6 Å². The van der Waals surface area contributed by atoms with E-state index in [1.165, 1.54) is 22.5 Å². The van der Waals surface area contributed by atoms with Gasteiger partial charge in [0.05, 0.1) is 4.88 Å². The van der Waals surface area contributed by atoms with Crippen LogP contribution in [-0.4, -0.2) is 29.8 Å². The highest BCUT2D eigenvalue weighted by atomic mass is 79.9. The fourth-order valence-electron chi connectivity index (χ4n) is 2.45. The Bertz CT molecular complexity index is 744. The molecule has 0 aliphatic carbocycles. The van der Waals surface area contributed by atoms with Crippen LogP contribution in [0.2, 0.25) is 0 Å². The van der Waals surface area contributed by atoms with Gasteiger partial charge < -0.3 is 15.5 Å². The van der Waals surface area contributed by atoms with Crippen molar-refractivity contribution in [1.29, 1.82) is 0 Å². The lowest BCUT2D eigenvalue weighted by molar-refractivity contribution is -0.137. The Labute approximate surface area is 146 Å². The molecule has 1 aromatic carbocycles. The Hall–Kier alpha value is -1.86. The van der Waals surface area contributed by atoms with E-state index < -0.39 is 0 Å². The summed E-state index contributed by atoms with van der Waals surface area (Å²) in [4.78, 5) is 19.9. The minimum absolute atomic E-state index is 0.0802. The van der Waals surface area contributed by atoms with Crippen LogP contribution in [0.3, 0.4) is 0 Å². The Morgan fingerprint density at radius 3 is 2.91 bits per heavy atom. The molecular weight excluding hydrogens is 378 g/mol. The smallest absolute Gasteiger partial charge is 0.263 e. The quantitative estimate of drug-likeness (QED) is 0.493. The van der Waals surface area contributed by atoms with Gasteiger partial charge >= 0.3 is 0 Å². The second-order valence-corrected chi connectivity index (χ2v) is 7.04. The normalized spacial score (nSPS) is 14.5. The van der Waals surface area contributed by atoms with E-state index in [9.17, 15) is 4.79 Å². The molecule has 0 bridgehead atoms. The number of amidine groups is 1. The van der Waals surface area contributed by atoms with Gasteiger partial charge in [-0.05, 0) is 39.5 Å². The van der Waals surface area contributed by atoms with Gasteiger partial charge in [-0.25, -0.2) is 0 Å². The van der Waals surface area contributed by atoms with Crippen LogP contribution in [0.25, 0.3) is 0 Å². The molecule has 1 amide bonds. The molecular formula is C16H16BrN3O2S. The molecule has 2 heterocycles. The lowest BCUT2D eigenvalue weighted by Crippen LogP contribution is -2.38. The predicted octanol–water partition coefficient (Wildman–Crippen LogP) is 2.73. The molecule has 0 atom stereocenters. The summed E-state index contributed by atoms with van der Waals surface area (Å²) in [6.45, 7) is 1.22. The first kappa shape index (κ1) is 16.0. The predicted molar refractivity (Wildman–Crippen MR) is 94.3 cm³/mol. The van der Waals surface area contributed by atoms with Gasteiger partial charge in [-0.2, -0.15) is 0 Å². The van der Waals surface area contributed by atoms with Crippen LogP contribution in [0.4, 0.5) is 0 Å². The number of amides is 1. The van der Waals surface area contributed by atoms with Gasteiger partial charge in [0.1, 0.15) is 0 Å². The molecule has 2 N–H and O–H groups in total. The van der Waals surface area contributed by atoms with Crippen LogP contribution >= 0.6 is 27.3 Å². The standard InChI is InChI=1S/C16H16BrN3O2S/c17-13-7-14(23-10-13)16(18)19-22-9-15(21)20-6-5-11-3-1-2-4-12(11)8-20/h1-4,7,10H,5-6,8-9H2,(H2,18,19). The third kappa shape index (κ3) is 3.92. The first-order valence-electron chi connectivity index (χ1n) is 7.18. The zero-order chi connectivity index (χ0) is 16.2. The highest BCUT2D eigenvalue weighted by Crippen LogP contribution is 2.20. The molecule has 1 aliphatic heterocycles. The number of thiophene rings is 1. The largest absolute Gasteiger partial charge is 0.384 e. The Morgan fingerprint density at radius 1 is 1.39 bits per heavy atom. The maximum Gasteiger partial charge on any atom is 0.263 e. The van der Waals surface area contributed by atoms with Crippen molar-refractivity contribution in [3.63, 3.8) is 0 Å². The Morgan fingerprint density at radius 2 is 2.17 bits per heavy atom. The van der Waals surface area contributed by atoms with Gasteiger partial charge in [0.15, 0.2) is 12.4 Å². The minimum atomic E-state index is -0.102. The average Bonchev–Trinajstić information content (AvgIpc) is 3.00. The van der Waals surface area contributed by atoms with Gasteiger partial charge in [0, 0.05) is 22.9 Å². The van der Waals surface area contributed by atoms with Crippen molar-refractivity contribution in [1.82, 2.24) is 4.90 Å². The van der Waals surface area contributed by atoms with E-state index in [1.807, 2.05) is 23.6 Å². The monoisotopic (exact) mass is 393 g/mol. The van der Waals surface area contributed by atoms with Crippen LogP contribution in [0.15, 0.2) is 45.3 Å². The van der Waals surface area contributed by atoms with Gasteiger partial charge in [-0.1, -0.05) is 29.4 Å². The zero-order valence-corrected chi connectivity index (χ0v) is 14.8. The van der Waals surface area contributed by atoms with Crippen molar-refractivity contribution in [3.8, 4) is 0 Å². The zero-order valence-electron chi connectivity index (χ0n) is 12.4. The van der Waals surface area contributed by atoms with Crippen molar-refractivity contribution in [2.45, 2.75) is 13.0 Å². The van der Waals surface area contributed by atoms with Crippen molar-refractivity contribution in [3.05, 3.63) is 56.2 Å². The summed E-state index contributed by atoms with van der Waals surface area (Å²) in [5.74, 6) is 0.195. The van der Waals surface area contributed by atoms with Crippen LogP contribution in [0.5, 0.6) is 0 Å². The van der Waals surface area contributed by atoms with Gasteiger partial charge in [-0.15, -0.1) is 11.3 Å². The molecule has 0 saturated heterocycles. The summed E-state index contributed by atoms with van der Waals surface area (Å²) in [5.41, 5.74) is 8.33. The SMILES string of the molecule is N/C(=N\OCC(=O)N1CCc2ccccc2C1)c1cc(Br)cs1. The Kier molecular flexibility index (Phi) is 4.97. The third-order valence-electron chi connectivity index (χ3n) is 3.65. The third-order valence-corrected chi connectivity index (χ3v) is 5.37. The molecule has 5 nitrogen and oxygen atoms in total. The fraction of sp³-hybridized carbons (Fsp3) is 0.250. The maximum atomic E-state index is 12.2. The number of fused-ring (bicyclic) bond motifs is 1. The second-order valence-electron chi connectivity index (χ2n) is 5.21. The number of carbonyl (C=O) groups is 1. The number of oxime groups is 1. The van der Waals surface area contributed by atoms with Crippen molar-refractivity contribution in [2.75, 3.05) is 13.2 Å². The molecule has 3 rings (SSSR count). The number of carbonyl (C=O) groups excluding carboxylic acids is 1. The summed E-state index contributed by atoms with van der Waals surface area (Å²) in [7, 11) is 0. The molecule has 120 valence electrons. The number of nitrogens with two attached hydrogens (primary N) is 1. The molecule has 23 heavy (non-hydrogen) atoms. The van der Waals surface area contributed by atoms with E-state index in [0.29, 0.717) is 13.1 Å². The second kappa shape index (κ2) is 7.14. The van der Waals surface area contributed by atoms with Gasteiger partial charge in [-0.3, -0.25) is 4.79 Å². The first-order chi connectivity index (χ1) is 11.1. The first-order valence-corrected chi connectivity index (χ1v) is 8.85. The highest BCUT2D eigenvalue weighted by Gasteiger charge is 2.20. The molecule has 0 spiro atoms. The van der Waals surface area contributed by atoms with Crippen LogP contribution < -0.4 is 5.73 Å². The number of rotatable bonds is 4. The van der Waals surface area contributed by atoms with Crippen LogP contribution in [0, 0.1) is 0 Å². The summed E-state index contributed by atoms with van der Waals surface area (Å²) in [5, 5.41) is 5.73. The summed E-state index contributed by atoms with van der Waals surface area (Å²) in [6.07, 6.45) is 0.872. The number of benzene rings is 1. The van der Waals surface area contributed by atoms with Crippen molar-refractivity contribution >= 4 is 39.0 Å². The molecule has 1 aliphatic rings. The number of nitrogens with zero attached hydrogens (tertiary/aromatic N) is 2. The van der Waals surface area contributed by atoms with E-state index in [0.717, 1.165) is 15.8 Å². The fourth-order valence-corrected chi connectivity index (χ4v) is 3.77. The molecule has 2 aromatic rings. The lowest BCUT2D eigenvalue weighted by atomic mass is 10.00. The lowest BCUT2D eigenvalue weighted by Gasteiger charge is -2.28. The Balaban J connectivity index is 1.54. The van der Waals surface area contributed by atoms with E-state index in [-0.39, 0.29) is 18.3 Å². The summed E-state index contributed by atoms with van der Waals surface area (Å²) < 4.78 is 0.943. The molecule has 0 saturated carbocycles. The molecule has 1 aromatic heterocycles. The number of halogens is 1. The molecule has 0 fully saturated rings. The summed E-state index contributed by atoms with van der Waals surface area (Å²) in [6, 6.07) is 10.0. The number of hydrogen-bond donors (Lipinski definition) is 1. The van der Waals surface area contributed by atoms with Gasteiger partial charge in [0.2, 0.25) is 0 Å². The minimum Gasteiger partial charge on any atom is -0.384 e. The highest BCUT2D eigenvalue weighted by molar-refractivity contribution is 9.10. The van der Waals surface area contributed by atoms with Crippen LogP contribution in [-0.2, 0) is 22.6 Å². The topological polar surface area (TPSA) is 67.9 Å².